The van der Waals surface area contributed by atoms with Crippen LogP contribution in [0.15, 0.2) is 33.6 Å². The molecule has 4 heterocycles. The molecule has 4 rings (SSSR count). The molecule has 1 fully saturated rings. The lowest BCUT2D eigenvalue weighted by Crippen LogP contribution is -2.33. The highest BCUT2D eigenvalue weighted by Gasteiger charge is 2.30. The molecular formula is C18H21N5O2. The fourth-order valence-corrected chi connectivity index (χ4v) is 3.37. The summed E-state index contributed by atoms with van der Waals surface area (Å²) < 4.78 is 10.9. The molecule has 0 saturated carbocycles. The van der Waals surface area contributed by atoms with Crippen molar-refractivity contribution in [3.63, 3.8) is 0 Å². The van der Waals surface area contributed by atoms with Crippen molar-refractivity contribution >= 4 is 0 Å². The van der Waals surface area contributed by atoms with E-state index in [1.807, 2.05) is 26.0 Å². The SMILES string of the molecule is Cc1noc(C)c1CN1CCCC[C@H]1c1nc(-c2cccnc2)no1. The minimum Gasteiger partial charge on any atom is -0.361 e. The molecule has 7 heteroatoms. The van der Waals surface area contributed by atoms with Crippen LogP contribution in [0.5, 0.6) is 0 Å². The summed E-state index contributed by atoms with van der Waals surface area (Å²) in [6, 6.07) is 3.93. The molecule has 0 N–H and O–H groups in total. The topological polar surface area (TPSA) is 81.1 Å². The summed E-state index contributed by atoms with van der Waals surface area (Å²) >= 11 is 0. The monoisotopic (exact) mass is 339 g/mol. The van der Waals surface area contributed by atoms with Crippen molar-refractivity contribution in [2.24, 2.45) is 0 Å². The first-order valence-electron chi connectivity index (χ1n) is 8.62. The van der Waals surface area contributed by atoms with Crippen LogP contribution < -0.4 is 0 Å². The molecule has 1 saturated heterocycles. The van der Waals surface area contributed by atoms with Gasteiger partial charge in [-0.2, -0.15) is 4.98 Å². The first-order valence-corrected chi connectivity index (χ1v) is 8.62. The Kier molecular flexibility index (Phi) is 4.31. The van der Waals surface area contributed by atoms with E-state index in [1.54, 1.807) is 12.4 Å². The van der Waals surface area contributed by atoms with Gasteiger partial charge in [-0.1, -0.05) is 16.7 Å². The Morgan fingerprint density at radius 1 is 1.20 bits per heavy atom. The van der Waals surface area contributed by atoms with Crippen molar-refractivity contribution in [2.75, 3.05) is 6.54 Å². The molecule has 0 spiro atoms. The van der Waals surface area contributed by atoms with E-state index in [4.69, 9.17) is 9.05 Å². The molecule has 0 radical (unpaired) electrons. The zero-order chi connectivity index (χ0) is 17.2. The van der Waals surface area contributed by atoms with Crippen LogP contribution in [0.25, 0.3) is 11.4 Å². The normalized spacial score (nSPS) is 18.6. The minimum absolute atomic E-state index is 0.125. The molecule has 0 aliphatic carbocycles. The van der Waals surface area contributed by atoms with Gasteiger partial charge >= 0.3 is 0 Å². The zero-order valence-corrected chi connectivity index (χ0v) is 14.5. The second kappa shape index (κ2) is 6.76. The first-order chi connectivity index (χ1) is 12.2. The van der Waals surface area contributed by atoms with Crippen LogP contribution in [0, 0.1) is 13.8 Å². The van der Waals surface area contributed by atoms with Crippen LogP contribution in [-0.4, -0.2) is 31.7 Å². The summed E-state index contributed by atoms with van der Waals surface area (Å²) in [6.45, 7) is 5.73. The lowest BCUT2D eigenvalue weighted by Gasteiger charge is -2.33. The fourth-order valence-electron chi connectivity index (χ4n) is 3.37. The summed E-state index contributed by atoms with van der Waals surface area (Å²) in [6.07, 6.45) is 6.82. The number of likely N-dealkylation sites (tertiary alicyclic amines) is 1. The summed E-state index contributed by atoms with van der Waals surface area (Å²) in [5.74, 6) is 2.14. The molecule has 0 unspecified atom stereocenters. The van der Waals surface area contributed by atoms with Crippen LogP contribution in [0.2, 0.25) is 0 Å². The highest BCUT2D eigenvalue weighted by atomic mass is 16.5. The summed E-state index contributed by atoms with van der Waals surface area (Å²) in [5.41, 5.74) is 2.97. The van der Waals surface area contributed by atoms with Gasteiger partial charge in [0.25, 0.3) is 0 Å². The number of piperidine rings is 1. The number of nitrogens with zero attached hydrogens (tertiary/aromatic N) is 5. The van der Waals surface area contributed by atoms with Crippen molar-refractivity contribution in [3.8, 4) is 11.4 Å². The van der Waals surface area contributed by atoms with Gasteiger partial charge in [0.2, 0.25) is 11.7 Å². The molecule has 130 valence electrons. The number of hydrogen-bond acceptors (Lipinski definition) is 7. The number of aromatic nitrogens is 4. The van der Waals surface area contributed by atoms with Crippen LogP contribution >= 0.6 is 0 Å². The van der Waals surface area contributed by atoms with Crippen LogP contribution in [-0.2, 0) is 6.54 Å². The molecule has 3 aromatic rings. The molecule has 3 aromatic heterocycles. The van der Waals surface area contributed by atoms with Gasteiger partial charge in [0.1, 0.15) is 5.76 Å². The summed E-state index contributed by atoms with van der Waals surface area (Å²) in [7, 11) is 0. The maximum absolute atomic E-state index is 5.60. The first kappa shape index (κ1) is 16.0. The number of hydrogen-bond donors (Lipinski definition) is 0. The Bertz CT molecular complexity index is 823. The van der Waals surface area contributed by atoms with Crippen molar-refractivity contribution in [3.05, 3.63) is 47.4 Å². The third-order valence-corrected chi connectivity index (χ3v) is 4.80. The van der Waals surface area contributed by atoms with E-state index in [1.165, 1.54) is 6.42 Å². The van der Waals surface area contributed by atoms with E-state index >= 15 is 0 Å². The van der Waals surface area contributed by atoms with Crippen molar-refractivity contribution in [1.82, 2.24) is 25.2 Å². The maximum Gasteiger partial charge on any atom is 0.244 e. The number of rotatable bonds is 4. The highest BCUT2D eigenvalue weighted by molar-refractivity contribution is 5.51. The van der Waals surface area contributed by atoms with E-state index in [0.717, 1.165) is 48.5 Å². The van der Waals surface area contributed by atoms with Crippen molar-refractivity contribution in [1.29, 1.82) is 0 Å². The van der Waals surface area contributed by atoms with E-state index in [2.05, 4.69) is 25.2 Å². The van der Waals surface area contributed by atoms with E-state index < -0.39 is 0 Å². The third kappa shape index (κ3) is 3.19. The van der Waals surface area contributed by atoms with Crippen LogP contribution in [0.1, 0.15) is 48.2 Å². The largest absolute Gasteiger partial charge is 0.361 e. The second-order valence-corrected chi connectivity index (χ2v) is 6.48. The van der Waals surface area contributed by atoms with E-state index in [0.29, 0.717) is 11.7 Å². The van der Waals surface area contributed by atoms with Gasteiger partial charge in [0.05, 0.1) is 11.7 Å². The Morgan fingerprint density at radius 2 is 2.12 bits per heavy atom. The van der Waals surface area contributed by atoms with E-state index in [9.17, 15) is 0 Å². The molecule has 0 aromatic carbocycles. The summed E-state index contributed by atoms with van der Waals surface area (Å²) in [4.78, 5) is 11.1. The average Bonchev–Trinajstić information content (AvgIpc) is 3.26. The smallest absolute Gasteiger partial charge is 0.244 e. The molecule has 25 heavy (non-hydrogen) atoms. The predicted molar refractivity (Wildman–Crippen MR) is 90.5 cm³/mol. The quantitative estimate of drug-likeness (QED) is 0.720. The Hall–Kier alpha value is -2.54. The summed E-state index contributed by atoms with van der Waals surface area (Å²) in [5, 5.41) is 8.21. The van der Waals surface area contributed by atoms with Crippen LogP contribution in [0.4, 0.5) is 0 Å². The predicted octanol–water partition coefficient (Wildman–Crippen LogP) is 3.46. The van der Waals surface area contributed by atoms with Gasteiger partial charge in [-0.25, -0.2) is 0 Å². The maximum atomic E-state index is 5.60. The zero-order valence-electron chi connectivity index (χ0n) is 14.5. The molecule has 0 amide bonds. The molecule has 7 nitrogen and oxygen atoms in total. The van der Waals surface area contributed by atoms with Crippen molar-refractivity contribution in [2.45, 2.75) is 45.7 Å². The molecule has 1 atom stereocenters. The van der Waals surface area contributed by atoms with Gasteiger partial charge in [0, 0.05) is 30.1 Å². The van der Waals surface area contributed by atoms with Gasteiger partial charge in [-0.3, -0.25) is 9.88 Å². The third-order valence-electron chi connectivity index (χ3n) is 4.80. The number of aryl methyl sites for hydroxylation is 2. The van der Waals surface area contributed by atoms with Gasteiger partial charge in [-0.15, -0.1) is 0 Å². The van der Waals surface area contributed by atoms with Crippen LogP contribution in [0.3, 0.4) is 0 Å². The lowest BCUT2D eigenvalue weighted by atomic mass is 10.0. The Morgan fingerprint density at radius 3 is 2.88 bits per heavy atom. The average molecular weight is 339 g/mol. The molecule has 1 aliphatic heterocycles. The molecule has 1 aliphatic rings. The number of pyridine rings is 1. The van der Waals surface area contributed by atoms with Gasteiger partial charge in [-0.05, 0) is 45.4 Å². The Labute approximate surface area is 146 Å². The lowest BCUT2D eigenvalue weighted by molar-refractivity contribution is 0.111. The van der Waals surface area contributed by atoms with E-state index in [-0.39, 0.29) is 6.04 Å². The highest BCUT2D eigenvalue weighted by Crippen LogP contribution is 2.33. The van der Waals surface area contributed by atoms with Crippen molar-refractivity contribution < 1.29 is 9.05 Å². The standard InChI is InChI=1S/C18H21N5O2/c1-12-15(13(2)24-21-12)11-23-9-4-3-7-16(23)18-20-17(22-25-18)14-6-5-8-19-10-14/h5-6,8,10,16H,3-4,7,9,11H2,1-2H3/t16-/m0/s1. The van der Waals surface area contributed by atoms with Gasteiger partial charge < -0.3 is 9.05 Å². The second-order valence-electron chi connectivity index (χ2n) is 6.48. The Balaban J connectivity index is 1.58. The molecule has 0 bridgehead atoms. The molecular weight excluding hydrogens is 318 g/mol. The van der Waals surface area contributed by atoms with Gasteiger partial charge in [0.15, 0.2) is 0 Å². The minimum atomic E-state index is 0.125. The fraction of sp³-hybridized carbons (Fsp3) is 0.444.